The maximum atomic E-state index is 13.9. The van der Waals surface area contributed by atoms with E-state index in [9.17, 15) is 23.2 Å². The minimum atomic E-state index is -0.772. The van der Waals surface area contributed by atoms with Gasteiger partial charge in [0.05, 0.1) is 5.75 Å². The van der Waals surface area contributed by atoms with Crippen molar-refractivity contribution < 1.29 is 13.6 Å². The van der Waals surface area contributed by atoms with E-state index in [0.717, 1.165) is 23.9 Å². The zero-order chi connectivity index (χ0) is 22.6. The predicted molar refractivity (Wildman–Crippen MR) is 115 cm³/mol. The number of nitrogens with zero attached hydrogens (tertiary/aromatic N) is 2. The molecule has 3 N–H and O–H groups in total. The van der Waals surface area contributed by atoms with Crippen molar-refractivity contribution in [2.75, 3.05) is 22.9 Å². The van der Waals surface area contributed by atoms with Crippen molar-refractivity contribution in [2.24, 2.45) is 11.8 Å². The van der Waals surface area contributed by atoms with Gasteiger partial charge in [-0.2, -0.15) is 0 Å². The van der Waals surface area contributed by atoms with Crippen molar-refractivity contribution in [1.82, 2.24) is 9.55 Å². The summed E-state index contributed by atoms with van der Waals surface area (Å²) in [4.78, 5) is 41.3. The minimum Gasteiger partial charge on any atom is -0.383 e. The fraction of sp³-hybridized carbons (Fsp3) is 0.450. The first-order valence-electron chi connectivity index (χ1n) is 9.52. The highest BCUT2D eigenvalue weighted by molar-refractivity contribution is 8.00. The van der Waals surface area contributed by atoms with Crippen molar-refractivity contribution in [1.29, 1.82) is 0 Å². The van der Waals surface area contributed by atoms with Crippen molar-refractivity contribution in [2.45, 2.75) is 39.1 Å². The Morgan fingerprint density at radius 1 is 1.20 bits per heavy atom. The number of nitrogens with two attached hydrogens (primary N) is 1. The van der Waals surface area contributed by atoms with Gasteiger partial charge in [0, 0.05) is 24.1 Å². The highest BCUT2D eigenvalue weighted by atomic mass is 32.2. The van der Waals surface area contributed by atoms with Crippen molar-refractivity contribution >= 4 is 29.2 Å². The number of H-pyrrole nitrogens is 1. The first-order valence-corrected chi connectivity index (χ1v) is 10.5. The molecular formula is C20H26F2N4O3S. The lowest BCUT2D eigenvalue weighted by Gasteiger charge is -2.26. The lowest BCUT2D eigenvalue weighted by Crippen LogP contribution is -2.43. The monoisotopic (exact) mass is 440 g/mol. The van der Waals surface area contributed by atoms with Gasteiger partial charge in [-0.3, -0.25) is 19.1 Å². The average Bonchev–Trinajstić information content (AvgIpc) is 2.62. The van der Waals surface area contributed by atoms with Crippen LogP contribution in [0, 0.1) is 23.5 Å². The van der Waals surface area contributed by atoms with Crippen LogP contribution in [0.4, 0.5) is 20.3 Å². The van der Waals surface area contributed by atoms with Gasteiger partial charge in [-0.05, 0) is 24.0 Å². The van der Waals surface area contributed by atoms with Gasteiger partial charge in [0.1, 0.15) is 17.5 Å². The molecule has 0 saturated heterocycles. The number of nitrogens with one attached hydrogen (secondary N) is 1. The third kappa shape index (κ3) is 5.71. The van der Waals surface area contributed by atoms with Gasteiger partial charge in [-0.1, -0.05) is 27.7 Å². The number of hydrogen-bond donors (Lipinski definition) is 2. The summed E-state index contributed by atoms with van der Waals surface area (Å²) in [5.74, 6) is -2.19. The Morgan fingerprint density at radius 2 is 1.87 bits per heavy atom. The lowest BCUT2D eigenvalue weighted by atomic mass is 10.2. The summed E-state index contributed by atoms with van der Waals surface area (Å²) < 4.78 is 28.2. The van der Waals surface area contributed by atoms with Crippen LogP contribution in [0.5, 0.6) is 0 Å². The number of benzene rings is 1. The van der Waals surface area contributed by atoms with Crippen LogP contribution in [0.1, 0.15) is 27.7 Å². The summed E-state index contributed by atoms with van der Waals surface area (Å²) in [5.41, 5.74) is 4.63. The fourth-order valence-electron chi connectivity index (χ4n) is 2.88. The van der Waals surface area contributed by atoms with E-state index in [1.807, 2.05) is 27.7 Å². The maximum Gasteiger partial charge on any atom is 0.330 e. The van der Waals surface area contributed by atoms with Crippen LogP contribution in [0.15, 0.2) is 32.7 Å². The molecule has 0 spiro atoms. The van der Waals surface area contributed by atoms with Crippen LogP contribution in [0.3, 0.4) is 0 Å². The molecule has 0 radical (unpaired) electrons. The molecule has 0 saturated carbocycles. The fourth-order valence-corrected chi connectivity index (χ4v) is 3.67. The number of nitrogen functional groups attached to an aromatic ring is 1. The summed E-state index contributed by atoms with van der Waals surface area (Å²) in [6.45, 7) is 7.96. The summed E-state index contributed by atoms with van der Waals surface area (Å²) in [7, 11) is 0. The Hall–Kier alpha value is -2.62. The van der Waals surface area contributed by atoms with Crippen LogP contribution in [0.2, 0.25) is 0 Å². The van der Waals surface area contributed by atoms with Gasteiger partial charge in [0.25, 0.3) is 5.56 Å². The first kappa shape index (κ1) is 23.7. The predicted octanol–water partition coefficient (Wildman–Crippen LogP) is 2.83. The summed E-state index contributed by atoms with van der Waals surface area (Å²) in [5, 5.41) is 0. The minimum absolute atomic E-state index is 0.00853. The molecule has 1 amide bonds. The number of thioether (sulfide) groups is 1. The lowest BCUT2D eigenvalue weighted by molar-refractivity contribution is -0.116. The smallest absolute Gasteiger partial charge is 0.330 e. The van der Waals surface area contributed by atoms with Crippen molar-refractivity contribution in [3.63, 3.8) is 0 Å². The van der Waals surface area contributed by atoms with Gasteiger partial charge >= 0.3 is 5.69 Å². The Bertz CT molecular complexity index is 1030. The average molecular weight is 441 g/mol. The van der Waals surface area contributed by atoms with Gasteiger partial charge in [-0.25, -0.2) is 13.6 Å². The Balaban J connectivity index is 2.40. The number of amides is 1. The van der Waals surface area contributed by atoms with Crippen LogP contribution in [-0.4, -0.2) is 27.8 Å². The maximum absolute atomic E-state index is 13.9. The number of carbonyl (C=O) groups is 1. The molecule has 1 aromatic carbocycles. The van der Waals surface area contributed by atoms with Gasteiger partial charge in [0.2, 0.25) is 5.91 Å². The standard InChI is InChI=1S/C20H26F2N4O3S/c1-11(2)8-25(16(27)10-30-15-6-5-13(21)7-14(15)22)17-18(23)26(9-12(3)4)20(29)24-19(17)28/h5-7,11-12H,8-10,23H2,1-4H3,(H,24,28,29). The molecule has 1 heterocycles. The van der Waals surface area contributed by atoms with Crippen LogP contribution in [-0.2, 0) is 11.3 Å². The molecular weight excluding hydrogens is 414 g/mol. The quantitative estimate of drug-likeness (QED) is 0.615. The first-order chi connectivity index (χ1) is 14.0. The molecule has 0 aliphatic rings. The molecule has 30 heavy (non-hydrogen) atoms. The van der Waals surface area contributed by atoms with Gasteiger partial charge < -0.3 is 10.6 Å². The molecule has 0 bridgehead atoms. The normalized spacial score (nSPS) is 11.3. The molecule has 10 heteroatoms. The number of anilines is 2. The molecule has 7 nitrogen and oxygen atoms in total. The molecule has 0 aliphatic heterocycles. The van der Waals surface area contributed by atoms with E-state index in [-0.39, 0.29) is 47.1 Å². The second-order valence-corrected chi connectivity index (χ2v) is 8.78. The zero-order valence-electron chi connectivity index (χ0n) is 17.4. The molecule has 1 aromatic heterocycles. The molecule has 2 rings (SSSR count). The van der Waals surface area contributed by atoms with E-state index in [1.165, 1.54) is 15.5 Å². The second-order valence-electron chi connectivity index (χ2n) is 7.76. The van der Waals surface area contributed by atoms with E-state index in [4.69, 9.17) is 5.73 Å². The number of carbonyl (C=O) groups excluding carboxylic acids is 1. The molecule has 2 aromatic rings. The van der Waals surface area contributed by atoms with Crippen LogP contribution >= 0.6 is 11.8 Å². The highest BCUT2D eigenvalue weighted by Gasteiger charge is 2.25. The number of aromatic nitrogens is 2. The van der Waals surface area contributed by atoms with E-state index in [1.54, 1.807) is 0 Å². The van der Waals surface area contributed by atoms with E-state index < -0.39 is 28.8 Å². The number of rotatable bonds is 8. The SMILES string of the molecule is CC(C)CN(C(=O)CSc1ccc(F)cc1F)c1c(N)n(CC(C)C)c(=O)[nH]c1=O. The Labute approximate surface area is 177 Å². The van der Waals surface area contributed by atoms with Gasteiger partial charge in [0.15, 0.2) is 5.69 Å². The Kier molecular flexibility index (Phi) is 7.83. The van der Waals surface area contributed by atoms with Crippen molar-refractivity contribution in [3.05, 3.63) is 50.7 Å². The summed E-state index contributed by atoms with van der Waals surface area (Å²) >= 11 is 0.889. The third-order valence-electron chi connectivity index (χ3n) is 4.13. The van der Waals surface area contributed by atoms with E-state index in [2.05, 4.69) is 4.98 Å². The summed E-state index contributed by atoms with van der Waals surface area (Å²) in [6, 6.07) is 3.09. The Morgan fingerprint density at radius 3 is 2.43 bits per heavy atom. The number of halogens is 2. The second kappa shape index (κ2) is 9.92. The molecule has 164 valence electrons. The third-order valence-corrected chi connectivity index (χ3v) is 5.16. The van der Waals surface area contributed by atoms with E-state index in [0.29, 0.717) is 0 Å². The van der Waals surface area contributed by atoms with E-state index >= 15 is 0 Å². The number of aromatic amines is 1. The summed E-state index contributed by atoms with van der Waals surface area (Å²) in [6.07, 6.45) is 0. The van der Waals surface area contributed by atoms with Crippen molar-refractivity contribution in [3.8, 4) is 0 Å². The largest absolute Gasteiger partial charge is 0.383 e. The van der Waals surface area contributed by atoms with Gasteiger partial charge in [-0.15, -0.1) is 11.8 Å². The molecule has 0 fully saturated rings. The molecule has 0 unspecified atom stereocenters. The topological polar surface area (TPSA) is 101 Å². The molecule has 0 atom stereocenters. The molecule has 0 aliphatic carbocycles. The zero-order valence-corrected chi connectivity index (χ0v) is 18.2. The van der Waals surface area contributed by atoms with Crippen LogP contribution in [0.25, 0.3) is 0 Å². The number of hydrogen-bond acceptors (Lipinski definition) is 5. The highest BCUT2D eigenvalue weighted by Crippen LogP contribution is 2.25. The van der Waals surface area contributed by atoms with Crippen LogP contribution < -0.4 is 21.9 Å².